The Labute approximate surface area is 177 Å². The molecule has 2 aromatic rings. The number of nitrogens with zero attached hydrogens (tertiary/aromatic N) is 3. The number of carbonyl (C=O) groups is 2. The summed E-state index contributed by atoms with van der Waals surface area (Å²) >= 11 is 0. The number of aryl methyl sites for hydroxylation is 2. The zero-order valence-corrected chi connectivity index (χ0v) is 17.8. The van der Waals surface area contributed by atoms with Crippen molar-refractivity contribution in [2.45, 2.75) is 65.0 Å². The normalized spacial score (nSPS) is 15.3. The van der Waals surface area contributed by atoms with Crippen LogP contribution in [0.15, 0.2) is 24.3 Å². The molecule has 158 valence electrons. The van der Waals surface area contributed by atoms with Crippen LogP contribution in [0.4, 0.5) is 0 Å². The van der Waals surface area contributed by atoms with Crippen molar-refractivity contribution in [3.63, 3.8) is 0 Å². The average molecular weight is 409 g/mol. The average Bonchev–Trinajstić information content (AvgIpc) is 3.01. The maximum Gasteiger partial charge on any atom is 0.342 e. The number of nitrogens with one attached hydrogen (secondary N) is 1. The number of hydrogen-bond acceptors (Lipinski definition) is 5. The predicted octanol–water partition coefficient (Wildman–Crippen LogP) is 3.36. The van der Waals surface area contributed by atoms with Gasteiger partial charge in [0.05, 0.1) is 24.0 Å². The van der Waals surface area contributed by atoms with E-state index >= 15 is 0 Å². The smallest absolute Gasteiger partial charge is 0.342 e. The number of aromatic nitrogens is 2. The minimum Gasteiger partial charge on any atom is -0.452 e. The molecule has 7 heteroatoms. The first kappa shape index (κ1) is 21.6. The van der Waals surface area contributed by atoms with E-state index in [9.17, 15) is 14.9 Å². The minimum atomic E-state index is -0.841. The van der Waals surface area contributed by atoms with Crippen molar-refractivity contribution in [3.05, 3.63) is 52.3 Å². The molecule has 0 bridgehead atoms. The summed E-state index contributed by atoms with van der Waals surface area (Å²) in [5.41, 5.74) is 3.06. The fourth-order valence-electron chi connectivity index (χ4n) is 3.94. The van der Waals surface area contributed by atoms with E-state index in [4.69, 9.17) is 4.74 Å². The number of benzene rings is 1. The van der Waals surface area contributed by atoms with Crippen molar-refractivity contribution in [2.24, 2.45) is 0 Å². The number of esters is 1. The van der Waals surface area contributed by atoms with Crippen LogP contribution >= 0.6 is 0 Å². The largest absolute Gasteiger partial charge is 0.452 e. The molecule has 0 radical (unpaired) electrons. The van der Waals surface area contributed by atoms with E-state index in [1.807, 2.05) is 38.1 Å². The van der Waals surface area contributed by atoms with Crippen LogP contribution in [0.25, 0.3) is 0 Å². The summed E-state index contributed by atoms with van der Waals surface area (Å²) in [6.07, 6.45) is 4.15. The van der Waals surface area contributed by atoms with Crippen molar-refractivity contribution in [1.82, 2.24) is 15.1 Å². The Bertz CT molecular complexity index is 964. The van der Waals surface area contributed by atoms with E-state index in [1.165, 1.54) is 5.56 Å². The highest BCUT2D eigenvalue weighted by molar-refractivity contribution is 5.93. The molecule has 0 atom stereocenters. The van der Waals surface area contributed by atoms with Crippen molar-refractivity contribution >= 4 is 11.9 Å². The third-order valence-corrected chi connectivity index (χ3v) is 5.67. The number of ether oxygens (including phenoxy) is 1. The molecule has 1 N–H and O–H groups in total. The Morgan fingerprint density at radius 1 is 1.17 bits per heavy atom. The number of amides is 1. The van der Waals surface area contributed by atoms with E-state index in [-0.39, 0.29) is 0 Å². The van der Waals surface area contributed by atoms with Crippen LogP contribution < -0.4 is 5.32 Å². The molecule has 0 aliphatic heterocycles. The van der Waals surface area contributed by atoms with Gasteiger partial charge in [-0.3, -0.25) is 9.48 Å². The highest BCUT2D eigenvalue weighted by Gasteiger charge is 2.34. The summed E-state index contributed by atoms with van der Waals surface area (Å²) in [4.78, 5) is 24.9. The van der Waals surface area contributed by atoms with Gasteiger partial charge in [-0.05, 0) is 39.2 Å². The van der Waals surface area contributed by atoms with Crippen LogP contribution in [-0.4, -0.2) is 33.8 Å². The van der Waals surface area contributed by atoms with Gasteiger partial charge in [-0.1, -0.05) is 49.1 Å². The lowest BCUT2D eigenvalue weighted by Crippen LogP contribution is -2.50. The summed E-state index contributed by atoms with van der Waals surface area (Å²) in [5.74, 6) is -1.03. The summed E-state index contributed by atoms with van der Waals surface area (Å²) in [6.45, 7) is 5.74. The van der Waals surface area contributed by atoms with Gasteiger partial charge >= 0.3 is 5.97 Å². The molecule has 1 aromatic heterocycles. The molecule has 0 unspecified atom stereocenters. The fourth-order valence-corrected chi connectivity index (χ4v) is 3.94. The molecule has 0 saturated heterocycles. The first-order chi connectivity index (χ1) is 14.3. The maximum atomic E-state index is 12.6. The van der Waals surface area contributed by atoms with Crippen LogP contribution in [0.5, 0.6) is 0 Å². The van der Waals surface area contributed by atoms with Crippen LogP contribution in [0.3, 0.4) is 0 Å². The molecule has 1 aromatic carbocycles. The summed E-state index contributed by atoms with van der Waals surface area (Å²) in [5, 5.41) is 16.7. The van der Waals surface area contributed by atoms with Gasteiger partial charge in [0.15, 0.2) is 6.61 Å². The van der Waals surface area contributed by atoms with Gasteiger partial charge in [-0.2, -0.15) is 10.4 Å². The zero-order valence-electron chi connectivity index (χ0n) is 17.8. The first-order valence-corrected chi connectivity index (χ1v) is 10.3. The molecule has 1 aliphatic rings. The second-order valence-corrected chi connectivity index (χ2v) is 8.07. The van der Waals surface area contributed by atoms with E-state index in [0.29, 0.717) is 36.3 Å². The maximum absolute atomic E-state index is 12.6. The fraction of sp³-hybridized carbons (Fsp3) is 0.478. The van der Waals surface area contributed by atoms with E-state index in [1.54, 1.807) is 11.6 Å². The molecule has 1 fully saturated rings. The van der Waals surface area contributed by atoms with Crippen LogP contribution in [0.1, 0.15) is 65.0 Å². The van der Waals surface area contributed by atoms with Crippen LogP contribution in [-0.2, 0) is 16.1 Å². The number of rotatable bonds is 6. The number of hydrogen-bond donors (Lipinski definition) is 1. The van der Waals surface area contributed by atoms with Gasteiger partial charge in [-0.15, -0.1) is 0 Å². The predicted molar refractivity (Wildman–Crippen MR) is 112 cm³/mol. The Hall–Kier alpha value is -3.14. The lowest BCUT2D eigenvalue weighted by Gasteiger charge is -2.31. The minimum absolute atomic E-state index is 0.377. The lowest BCUT2D eigenvalue weighted by molar-refractivity contribution is -0.125. The van der Waals surface area contributed by atoms with E-state index in [0.717, 1.165) is 24.8 Å². The second kappa shape index (κ2) is 9.12. The lowest BCUT2D eigenvalue weighted by atomic mass is 9.83. The third kappa shape index (κ3) is 4.88. The Balaban J connectivity index is 1.62. The molecule has 1 heterocycles. The van der Waals surface area contributed by atoms with E-state index < -0.39 is 24.0 Å². The summed E-state index contributed by atoms with van der Waals surface area (Å²) in [7, 11) is 0. The summed E-state index contributed by atoms with van der Waals surface area (Å²) < 4.78 is 7.02. The van der Waals surface area contributed by atoms with Crippen molar-refractivity contribution in [1.29, 1.82) is 5.26 Å². The first-order valence-electron chi connectivity index (χ1n) is 10.3. The van der Waals surface area contributed by atoms with Gasteiger partial charge < -0.3 is 10.1 Å². The number of nitriles is 1. The molecular formula is C23H28N4O3. The third-order valence-electron chi connectivity index (χ3n) is 5.67. The van der Waals surface area contributed by atoms with Crippen molar-refractivity contribution < 1.29 is 14.3 Å². The van der Waals surface area contributed by atoms with Crippen LogP contribution in [0, 0.1) is 32.1 Å². The quantitative estimate of drug-likeness (QED) is 0.739. The van der Waals surface area contributed by atoms with Crippen molar-refractivity contribution in [3.8, 4) is 6.07 Å². The Morgan fingerprint density at radius 3 is 2.47 bits per heavy atom. The topological polar surface area (TPSA) is 97.0 Å². The molecule has 1 amide bonds. The molecule has 0 spiro atoms. The van der Waals surface area contributed by atoms with Gasteiger partial charge in [0.2, 0.25) is 0 Å². The van der Waals surface area contributed by atoms with Gasteiger partial charge in [-0.25, -0.2) is 4.79 Å². The van der Waals surface area contributed by atoms with Crippen LogP contribution in [0.2, 0.25) is 0 Å². The Kier molecular flexibility index (Phi) is 6.56. The second-order valence-electron chi connectivity index (χ2n) is 8.07. The SMILES string of the molecule is Cc1ccc(Cn2nc(C)c(C(=O)OCC(=O)NC3(C#N)CCCCC3)c2C)cc1. The van der Waals surface area contributed by atoms with E-state index in [2.05, 4.69) is 16.5 Å². The Morgan fingerprint density at radius 2 is 1.83 bits per heavy atom. The highest BCUT2D eigenvalue weighted by Crippen LogP contribution is 2.27. The zero-order chi connectivity index (χ0) is 21.7. The van der Waals surface area contributed by atoms with Gasteiger partial charge in [0, 0.05) is 0 Å². The molecule has 7 nitrogen and oxygen atoms in total. The molecular weight excluding hydrogens is 380 g/mol. The highest BCUT2D eigenvalue weighted by atomic mass is 16.5. The molecule has 1 saturated carbocycles. The molecule has 3 rings (SSSR count). The standard InChI is InChI=1S/C23H28N4O3/c1-16-7-9-19(10-8-16)13-27-18(3)21(17(2)26-27)22(29)30-14-20(28)25-23(15-24)11-5-4-6-12-23/h7-10H,4-6,11-14H2,1-3H3,(H,25,28). The molecule has 1 aliphatic carbocycles. The summed E-state index contributed by atoms with van der Waals surface area (Å²) in [6, 6.07) is 10.4. The number of carbonyl (C=O) groups excluding carboxylic acids is 2. The van der Waals surface area contributed by atoms with Gasteiger partial charge in [0.25, 0.3) is 5.91 Å². The molecule has 30 heavy (non-hydrogen) atoms. The monoisotopic (exact) mass is 408 g/mol. The van der Waals surface area contributed by atoms with Gasteiger partial charge in [0.1, 0.15) is 11.1 Å². The van der Waals surface area contributed by atoms with Crippen molar-refractivity contribution in [2.75, 3.05) is 6.61 Å².